The van der Waals surface area contributed by atoms with Gasteiger partial charge in [-0.15, -0.1) is 0 Å². The molecule has 1 aliphatic rings. The molecule has 1 aromatic heterocycles. The molecule has 1 N–H and O–H groups in total. The Labute approximate surface area is 158 Å². The molecule has 6 heteroatoms. The molecule has 2 heterocycles. The Morgan fingerprint density at radius 2 is 1.85 bits per heavy atom. The molecule has 0 aliphatic carbocycles. The summed E-state index contributed by atoms with van der Waals surface area (Å²) in [5.74, 6) is 1.57. The second-order valence-electron chi connectivity index (χ2n) is 6.62. The van der Waals surface area contributed by atoms with Gasteiger partial charge in [-0.2, -0.15) is 5.10 Å². The molecule has 1 aliphatic heterocycles. The lowest BCUT2D eigenvalue weighted by molar-refractivity contribution is -0.117. The summed E-state index contributed by atoms with van der Waals surface area (Å²) in [7, 11) is 0. The van der Waals surface area contributed by atoms with Crippen LogP contribution in [0.2, 0.25) is 0 Å². The van der Waals surface area contributed by atoms with Gasteiger partial charge in [-0.1, -0.05) is 42.5 Å². The van der Waals surface area contributed by atoms with Gasteiger partial charge in [0.05, 0.1) is 0 Å². The summed E-state index contributed by atoms with van der Waals surface area (Å²) in [6, 6.07) is 17.7. The molecule has 0 bridgehead atoms. The minimum atomic E-state index is 0.0995. The minimum absolute atomic E-state index is 0.0995. The van der Waals surface area contributed by atoms with Crippen molar-refractivity contribution >= 4 is 11.6 Å². The van der Waals surface area contributed by atoms with E-state index < -0.39 is 0 Å². The fourth-order valence-corrected chi connectivity index (χ4v) is 3.38. The molecule has 0 spiro atoms. The monoisotopic (exact) mass is 362 g/mol. The zero-order valence-corrected chi connectivity index (χ0v) is 15.1. The van der Waals surface area contributed by atoms with Crippen LogP contribution in [-0.4, -0.2) is 38.9 Å². The van der Waals surface area contributed by atoms with E-state index in [1.807, 2.05) is 64.2 Å². The van der Waals surface area contributed by atoms with Crippen LogP contribution in [0.1, 0.15) is 19.3 Å². The molecule has 1 saturated heterocycles. The fourth-order valence-electron chi connectivity index (χ4n) is 3.38. The fraction of sp³-hybridized carbons (Fsp3) is 0.286. The molecule has 6 nitrogen and oxygen atoms in total. The van der Waals surface area contributed by atoms with Gasteiger partial charge >= 0.3 is 0 Å². The maximum Gasteiger partial charge on any atom is 0.227 e. The normalized spacial score (nSPS) is 14.1. The quantitative estimate of drug-likeness (QED) is 0.731. The smallest absolute Gasteiger partial charge is 0.227 e. The number of carbonyl (C=O) groups is 1. The van der Waals surface area contributed by atoms with Crippen LogP contribution in [0.5, 0.6) is 0 Å². The third-order valence-electron chi connectivity index (χ3n) is 4.72. The number of nitrogens with zero attached hydrogens (tertiary/aromatic N) is 4. The highest BCUT2D eigenvalue weighted by Gasteiger charge is 2.22. The first-order valence-corrected chi connectivity index (χ1v) is 9.28. The van der Waals surface area contributed by atoms with Crippen molar-refractivity contribution in [2.75, 3.05) is 18.1 Å². The lowest BCUT2D eigenvalue weighted by Crippen LogP contribution is -2.23. The van der Waals surface area contributed by atoms with Gasteiger partial charge in [0.25, 0.3) is 0 Å². The van der Waals surface area contributed by atoms with Gasteiger partial charge in [-0.05, 0) is 25.0 Å². The molecule has 0 saturated carbocycles. The summed E-state index contributed by atoms with van der Waals surface area (Å²) >= 11 is 0. The lowest BCUT2D eigenvalue weighted by Gasteiger charge is -2.16. The van der Waals surface area contributed by atoms with E-state index in [4.69, 9.17) is 4.98 Å². The molecule has 3 aromatic rings. The van der Waals surface area contributed by atoms with E-state index in [-0.39, 0.29) is 12.5 Å². The van der Waals surface area contributed by atoms with E-state index in [1.165, 1.54) is 0 Å². The molecule has 0 atom stereocenters. The van der Waals surface area contributed by atoms with Gasteiger partial charge in [-0.25, -0.2) is 9.67 Å². The van der Waals surface area contributed by atoms with Crippen molar-refractivity contribution in [3.8, 4) is 22.8 Å². The average molecular weight is 362 g/mol. The molecule has 1 fully saturated rings. The Morgan fingerprint density at radius 1 is 1.04 bits per heavy atom. The Balaban J connectivity index is 1.73. The largest absolute Gasteiger partial charge is 0.396 e. The maximum atomic E-state index is 12.1. The van der Waals surface area contributed by atoms with Crippen molar-refractivity contribution in [1.29, 1.82) is 0 Å². The number of aliphatic hydroxyl groups is 1. The highest BCUT2D eigenvalue weighted by atomic mass is 16.3. The first-order chi connectivity index (χ1) is 13.3. The molecule has 138 valence electrons. The first-order valence-electron chi connectivity index (χ1n) is 9.28. The molecule has 27 heavy (non-hydrogen) atoms. The first kappa shape index (κ1) is 17.4. The number of amides is 1. The second-order valence-corrected chi connectivity index (χ2v) is 6.62. The Morgan fingerprint density at radius 3 is 2.59 bits per heavy atom. The topological polar surface area (TPSA) is 71.2 Å². The summed E-state index contributed by atoms with van der Waals surface area (Å²) in [6.07, 6.45) is 2.11. The zero-order valence-electron chi connectivity index (χ0n) is 15.1. The van der Waals surface area contributed by atoms with Crippen molar-refractivity contribution < 1.29 is 9.90 Å². The second kappa shape index (κ2) is 7.72. The molecule has 0 radical (unpaired) electrons. The third-order valence-corrected chi connectivity index (χ3v) is 4.72. The number of hydrogen-bond donors (Lipinski definition) is 1. The third kappa shape index (κ3) is 3.61. The van der Waals surface area contributed by atoms with Crippen LogP contribution in [0.3, 0.4) is 0 Å². The van der Waals surface area contributed by atoms with Crippen LogP contribution in [0.25, 0.3) is 22.8 Å². The van der Waals surface area contributed by atoms with E-state index >= 15 is 0 Å². The van der Waals surface area contributed by atoms with Crippen molar-refractivity contribution in [2.24, 2.45) is 0 Å². The van der Waals surface area contributed by atoms with Gasteiger partial charge in [0.1, 0.15) is 0 Å². The van der Waals surface area contributed by atoms with E-state index in [1.54, 1.807) is 0 Å². The molecule has 1 amide bonds. The zero-order chi connectivity index (χ0) is 18.6. The summed E-state index contributed by atoms with van der Waals surface area (Å²) in [5.41, 5.74) is 2.76. The number of hydrogen-bond acceptors (Lipinski definition) is 4. The number of aryl methyl sites for hydroxylation is 1. The van der Waals surface area contributed by atoms with Gasteiger partial charge in [0.15, 0.2) is 11.6 Å². The number of benzene rings is 2. The lowest BCUT2D eigenvalue weighted by atomic mass is 10.1. The van der Waals surface area contributed by atoms with E-state index in [0.717, 1.165) is 35.6 Å². The highest BCUT2D eigenvalue weighted by molar-refractivity contribution is 5.95. The van der Waals surface area contributed by atoms with Gasteiger partial charge < -0.3 is 10.0 Å². The van der Waals surface area contributed by atoms with Crippen LogP contribution in [-0.2, 0) is 11.3 Å². The van der Waals surface area contributed by atoms with Crippen LogP contribution >= 0.6 is 0 Å². The minimum Gasteiger partial charge on any atom is -0.396 e. The molecule has 2 aromatic carbocycles. The number of aromatic nitrogens is 3. The Bertz CT molecular complexity index is 936. The van der Waals surface area contributed by atoms with E-state index in [2.05, 4.69) is 5.10 Å². The maximum absolute atomic E-state index is 12.1. The van der Waals surface area contributed by atoms with Crippen molar-refractivity contribution in [3.05, 3.63) is 54.6 Å². The van der Waals surface area contributed by atoms with Crippen LogP contribution in [0.15, 0.2) is 54.6 Å². The van der Waals surface area contributed by atoms with Gasteiger partial charge in [0.2, 0.25) is 5.91 Å². The SMILES string of the molecule is O=C1CCCN1c1cccc(-c2nc(-c3ccccc3)nn2CCCO)c1. The molecular formula is C21H22N4O2. The average Bonchev–Trinajstić information content (AvgIpc) is 3.33. The predicted molar refractivity (Wildman–Crippen MR) is 104 cm³/mol. The van der Waals surface area contributed by atoms with Crippen LogP contribution < -0.4 is 4.90 Å². The molecular weight excluding hydrogens is 340 g/mol. The number of carbonyl (C=O) groups excluding carboxylic acids is 1. The molecule has 0 unspecified atom stereocenters. The highest BCUT2D eigenvalue weighted by Crippen LogP contribution is 2.28. The number of aliphatic hydroxyl groups excluding tert-OH is 1. The summed E-state index contributed by atoms with van der Waals surface area (Å²) < 4.78 is 1.84. The van der Waals surface area contributed by atoms with Gasteiger partial charge in [0, 0.05) is 42.9 Å². The van der Waals surface area contributed by atoms with Gasteiger partial charge in [-0.3, -0.25) is 4.79 Å². The van der Waals surface area contributed by atoms with Crippen LogP contribution in [0.4, 0.5) is 5.69 Å². The Kier molecular flexibility index (Phi) is 4.98. The summed E-state index contributed by atoms with van der Waals surface area (Å²) in [6.45, 7) is 1.44. The van der Waals surface area contributed by atoms with Crippen molar-refractivity contribution in [1.82, 2.24) is 14.8 Å². The van der Waals surface area contributed by atoms with E-state index in [9.17, 15) is 9.90 Å². The van der Waals surface area contributed by atoms with E-state index in [0.29, 0.717) is 25.2 Å². The summed E-state index contributed by atoms with van der Waals surface area (Å²) in [4.78, 5) is 18.7. The molecule has 4 rings (SSSR count). The van der Waals surface area contributed by atoms with Crippen molar-refractivity contribution in [2.45, 2.75) is 25.8 Å². The van der Waals surface area contributed by atoms with Crippen LogP contribution in [0, 0.1) is 0 Å². The van der Waals surface area contributed by atoms with Crippen molar-refractivity contribution in [3.63, 3.8) is 0 Å². The number of rotatable bonds is 6. The standard InChI is InChI=1S/C21H22N4O2/c26-14-6-13-25-21(22-20(23-25)16-7-2-1-3-8-16)17-9-4-10-18(15-17)24-12-5-11-19(24)27/h1-4,7-10,15,26H,5-6,11-14H2. The number of anilines is 1. The Hall–Kier alpha value is -2.99. The summed E-state index contributed by atoms with van der Waals surface area (Å²) in [5, 5.41) is 13.9. The predicted octanol–water partition coefficient (Wildman–Crippen LogP) is 3.12.